The molecule has 0 amide bonds. The first-order valence-corrected chi connectivity index (χ1v) is 8.10. The molecule has 0 heterocycles. The lowest BCUT2D eigenvalue weighted by Crippen LogP contribution is -2.39. The summed E-state index contributed by atoms with van der Waals surface area (Å²) in [4.78, 5) is 0. The van der Waals surface area contributed by atoms with Crippen molar-refractivity contribution < 1.29 is 0 Å². The smallest absolute Gasteiger partial charge is 0.00683 e. The first kappa shape index (κ1) is 12.0. The van der Waals surface area contributed by atoms with Gasteiger partial charge in [-0.05, 0) is 55.9 Å². The molecule has 3 aliphatic carbocycles. The molecular formula is C16H29N. The monoisotopic (exact) mass is 235 g/mol. The van der Waals surface area contributed by atoms with Gasteiger partial charge in [0.1, 0.15) is 0 Å². The highest BCUT2D eigenvalue weighted by molar-refractivity contribution is 4.90. The summed E-state index contributed by atoms with van der Waals surface area (Å²) in [6, 6.07) is 0.904. The molecule has 1 nitrogen and oxygen atoms in total. The largest absolute Gasteiger partial charge is 0.314 e. The minimum atomic E-state index is 0.904. The summed E-state index contributed by atoms with van der Waals surface area (Å²) in [7, 11) is 0. The summed E-state index contributed by atoms with van der Waals surface area (Å²) in [5.41, 5.74) is 0. The van der Waals surface area contributed by atoms with Crippen molar-refractivity contribution in [3.8, 4) is 0 Å². The fourth-order valence-electron chi connectivity index (χ4n) is 4.03. The molecule has 1 heteroatoms. The third kappa shape index (κ3) is 2.86. The Morgan fingerprint density at radius 1 is 1.00 bits per heavy atom. The summed E-state index contributed by atoms with van der Waals surface area (Å²) in [6.07, 6.45) is 13.5. The molecule has 3 aliphatic rings. The first-order valence-electron chi connectivity index (χ1n) is 8.10. The lowest BCUT2D eigenvalue weighted by Gasteiger charge is -2.44. The Bertz CT molecular complexity index is 242. The summed E-state index contributed by atoms with van der Waals surface area (Å²) < 4.78 is 0. The lowest BCUT2D eigenvalue weighted by molar-refractivity contribution is 0.0723. The van der Waals surface area contributed by atoms with Gasteiger partial charge < -0.3 is 5.32 Å². The molecule has 0 radical (unpaired) electrons. The van der Waals surface area contributed by atoms with E-state index in [0.29, 0.717) is 0 Å². The molecule has 0 aromatic rings. The topological polar surface area (TPSA) is 12.0 Å². The molecule has 98 valence electrons. The zero-order valence-electron chi connectivity index (χ0n) is 11.5. The van der Waals surface area contributed by atoms with Gasteiger partial charge in [-0.2, -0.15) is 0 Å². The van der Waals surface area contributed by atoms with Crippen LogP contribution in [0.3, 0.4) is 0 Å². The Morgan fingerprint density at radius 2 is 1.82 bits per heavy atom. The van der Waals surface area contributed by atoms with Gasteiger partial charge in [0.05, 0.1) is 0 Å². The average molecular weight is 235 g/mol. The Labute approximate surface area is 107 Å². The van der Waals surface area contributed by atoms with E-state index in [2.05, 4.69) is 12.2 Å². The van der Waals surface area contributed by atoms with Crippen LogP contribution < -0.4 is 5.32 Å². The van der Waals surface area contributed by atoms with E-state index < -0.39 is 0 Å². The lowest BCUT2D eigenvalue weighted by atomic mass is 9.62. The maximum absolute atomic E-state index is 3.79. The molecule has 3 rings (SSSR count). The SMILES string of the molecule is CCC1CCC(CNC2CC2)C(C2CCC2)C1. The van der Waals surface area contributed by atoms with Crippen molar-refractivity contribution in [2.45, 2.75) is 70.8 Å². The predicted octanol–water partition coefficient (Wildman–Crippen LogP) is 3.98. The van der Waals surface area contributed by atoms with Gasteiger partial charge in [-0.25, -0.2) is 0 Å². The van der Waals surface area contributed by atoms with Gasteiger partial charge in [0.2, 0.25) is 0 Å². The fraction of sp³-hybridized carbons (Fsp3) is 1.00. The van der Waals surface area contributed by atoms with Crippen LogP contribution in [0.4, 0.5) is 0 Å². The van der Waals surface area contributed by atoms with Crippen molar-refractivity contribution in [3.05, 3.63) is 0 Å². The van der Waals surface area contributed by atoms with Crippen molar-refractivity contribution in [3.63, 3.8) is 0 Å². The number of hydrogen-bond donors (Lipinski definition) is 1. The zero-order chi connectivity index (χ0) is 11.7. The maximum Gasteiger partial charge on any atom is 0.00683 e. The van der Waals surface area contributed by atoms with Crippen LogP contribution in [0, 0.1) is 23.7 Å². The van der Waals surface area contributed by atoms with E-state index in [1.165, 1.54) is 45.1 Å². The minimum absolute atomic E-state index is 0.904. The van der Waals surface area contributed by atoms with Crippen LogP contribution in [0.2, 0.25) is 0 Å². The fourth-order valence-corrected chi connectivity index (χ4v) is 4.03. The molecule has 3 saturated carbocycles. The second-order valence-corrected chi connectivity index (χ2v) is 6.88. The Balaban J connectivity index is 1.54. The Hall–Kier alpha value is -0.0400. The third-order valence-corrected chi connectivity index (χ3v) is 5.74. The van der Waals surface area contributed by atoms with E-state index in [0.717, 1.165) is 29.7 Å². The van der Waals surface area contributed by atoms with E-state index in [4.69, 9.17) is 0 Å². The quantitative estimate of drug-likeness (QED) is 0.760. The standard InChI is InChI=1S/C16H29N/c1-2-12-6-7-14(11-17-15-8-9-15)16(10-12)13-4-3-5-13/h12-17H,2-11H2,1H3. The molecule has 0 bridgehead atoms. The van der Waals surface area contributed by atoms with Gasteiger partial charge in [0.15, 0.2) is 0 Å². The Morgan fingerprint density at radius 3 is 2.41 bits per heavy atom. The minimum Gasteiger partial charge on any atom is -0.314 e. The average Bonchev–Trinajstić information content (AvgIpc) is 3.09. The van der Waals surface area contributed by atoms with E-state index in [1.807, 2.05) is 0 Å². The Kier molecular flexibility index (Phi) is 3.75. The van der Waals surface area contributed by atoms with E-state index in [1.54, 1.807) is 19.3 Å². The third-order valence-electron chi connectivity index (χ3n) is 5.74. The predicted molar refractivity (Wildman–Crippen MR) is 73.0 cm³/mol. The molecule has 0 spiro atoms. The van der Waals surface area contributed by atoms with E-state index in [9.17, 15) is 0 Å². The molecule has 0 aliphatic heterocycles. The van der Waals surface area contributed by atoms with Crippen LogP contribution in [0.15, 0.2) is 0 Å². The van der Waals surface area contributed by atoms with E-state index >= 15 is 0 Å². The van der Waals surface area contributed by atoms with Crippen molar-refractivity contribution in [1.82, 2.24) is 5.32 Å². The molecule has 0 aromatic heterocycles. The van der Waals surface area contributed by atoms with Crippen LogP contribution in [-0.2, 0) is 0 Å². The van der Waals surface area contributed by atoms with Gasteiger partial charge in [0, 0.05) is 6.04 Å². The van der Waals surface area contributed by atoms with Gasteiger partial charge in [0.25, 0.3) is 0 Å². The van der Waals surface area contributed by atoms with Crippen LogP contribution in [-0.4, -0.2) is 12.6 Å². The highest BCUT2D eigenvalue weighted by atomic mass is 14.9. The molecular weight excluding hydrogens is 206 g/mol. The second kappa shape index (κ2) is 5.30. The van der Waals surface area contributed by atoms with Crippen LogP contribution in [0.25, 0.3) is 0 Å². The van der Waals surface area contributed by atoms with Crippen molar-refractivity contribution >= 4 is 0 Å². The van der Waals surface area contributed by atoms with E-state index in [-0.39, 0.29) is 0 Å². The molecule has 3 unspecified atom stereocenters. The normalized spacial score (nSPS) is 39.0. The number of hydrogen-bond acceptors (Lipinski definition) is 1. The summed E-state index contributed by atoms with van der Waals surface area (Å²) in [5, 5.41) is 3.79. The molecule has 3 atom stereocenters. The van der Waals surface area contributed by atoms with Crippen LogP contribution in [0.1, 0.15) is 64.7 Å². The summed E-state index contributed by atoms with van der Waals surface area (Å²) in [6.45, 7) is 3.73. The van der Waals surface area contributed by atoms with Gasteiger partial charge >= 0.3 is 0 Å². The maximum atomic E-state index is 3.79. The second-order valence-electron chi connectivity index (χ2n) is 6.88. The first-order chi connectivity index (χ1) is 8.36. The van der Waals surface area contributed by atoms with Gasteiger partial charge in [-0.1, -0.05) is 39.0 Å². The van der Waals surface area contributed by atoms with Gasteiger partial charge in [-0.3, -0.25) is 0 Å². The zero-order valence-corrected chi connectivity index (χ0v) is 11.5. The van der Waals surface area contributed by atoms with Crippen molar-refractivity contribution in [2.75, 3.05) is 6.54 Å². The highest BCUT2D eigenvalue weighted by Crippen LogP contribution is 2.46. The molecule has 0 aromatic carbocycles. The van der Waals surface area contributed by atoms with Crippen LogP contribution in [0.5, 0.6) is 0 Å². The van der Waals surface area contributed by atoms with Crippen molar-refractivity contribution in [1.29, 1.82) is 0 Å². The highest BCUT2D eigenvalue weighted by Gasteiger charge is 2.37. The van der Waals surface area contributed by atoms with Crippen LogP contribution >= 0.6 is 0 Å². The number of rotatable bonds is 5. The molecule has 0 saturated heterocycles. The molecule has 1 N–H and O–H groups in total. The summed E-state index contributed by atoms with van der Waals surface area (Å²) >= 11 is 0. The molecule has 3 fully saturated rings. The number of nitrogens with one attached hydrogen (secondary N) is 1. The van der Waals surface area contributed by atoms with Gasteiger partial charge in [-0.15, -0.1) is 0 Å². The molecule has 17 heavy (non-hydrogen) atoms. The van der Waals surface area contributed by atoms with Crippen molar-refractivity contribution in [2.24, 2.45) is 23.7 Å². The summed E-state index contributed by atoms with van der Waals surface area (Å²) in [5.74, 6) is 4.26.